The minimum atomic E-state index is -0.950. The standard InChI is InChI=1S/C19H24N2O2/c1-6-12-21-17(18(22)23)15(7-2)16(20-21)13-8-10-14(11-9-13)19(3,4)5/h6,8-11H,1,7,12H2,2-5H3,(H,22,23). The molecule has 0 atom stereocenters. The second-order valence-electron chi connectivity index (χ2n) is 6.63. The third-order valence-corrected chi connectivity index (χ3v) is 3.93. The van der Waals surface area contributed by atoms with E-state index in [1.165, 1.54) is 10.2 Å². The maximum absolute atomic E-state index is 11.6. The van der Waals surface area contributed by atoms with Gasteiger partial charge in [0.25, 0.3) is 0 Å². The molecule has 0 aliphatic heterocycles. The van der Waals surface area contributed by atoms with Gasteiger partial charge in [0, 0.05) is 11.1 Å². The smallest absolute Gasteiger partial charge is 0.354 e. The molecule has 1 aromatic carbocycles. The highest BCUT2D eigenvalue weighted by Crippen LogP contribution is 2.29. The Balaban J connectivity index is 2.56. The first-order chi connectivity index (χ1) is 10.8. The van der Waals surface area contributed by atoms with Crippen LogP contribution < -0.4 is 0 Å². The topological polar surface area (TPSA) is 55.1 Å². The van der Waals surface area contributed by atoms with E-state index in [4.69, 9.17) is 0 Å². The summed E-state index contributed by atoms with van der Waals surface area (Å²) in [6.45, 7) is 12.5. The van der Waals surface area contributed by atoms with Gasteiger partial charge in [0.15, 0.2) is 0 Å². The van der Waals surface area contributed by atoms with Crippen molar-refractivity contribution in [3.05, 3.63) is 53.7 Å². The first kappa shape index (κ1) is 17.0. The molecule has 0 fully saturated rings. The number of rotatable bonds is 5. The van der Waals surface area contributed by atoms with E-state index >= 15 is 0 Å². The van der Waals surface area contributed by atoms with Crippen LogP contribution in [-0.4, -0.2) is 20.9 Å². The van der Waals surface area contributed by atoms with Crippen molar-refractivity contribution in [3.8, 4) is 11.3 Å². The van der Waals surface area contributed by atoms with Crippen LogP contribution in [0.1, 0.15) is 49.3 Å². The molecule has 23 heavy (non-hydrogen) atoms. The molecule has 2 rings (SSSR count). The second kappa shape index (κ2) is 6.41. The zero-order valence-electron chi connectivity index (χ0n) is 14.3. The average Bonchev–Trinajstić information content (AvgIpc) is 2.85. The Kier molecular flexibility index (Phi) is 4.73. The van der Waals surface area contributed by atoms with Crippen LogP contribution >= 0.6 is 0 Å². The van der Waals surface area contributed by atoms with Crippen LogP contribution in [0.15, 0.2) is 36.9 Å². The maximum Gasteiger partial charge on any atom is 0.354 e. The normalized spacial score (nSPS) is 11.5. The van der Waals surface area contributed by atoms with Crippen molar-refractivity contribution in [1.29, 1.82) is 0 Å². The van der Waals surface area contributed by atoms with Crippen LogP contribution in [0.3, 0.4) is 0 Å². The lowest BCUT2D eigenvalue weighted by Crippen LogP contribution is -2.10. The lowest BCUT2D eigenvalue weighted by Gasteiger charge is -2.19. The molecule has 0 spiro atoms. The molecule has 0 radical (unpaired) electrons. The molecule has 0 saturated heterocycles. The zero-order valence-corrected chi connectivity index (χ0v) is 14.3. The van der Waals surface area contributed by atoms with Crippen molar-refractivity contribution in [2.75, 3.05) is 0 Å². The second-order valence-corrected chi connectivity index (χ2v) is 6.63. The Hall–Kier alpha value is -2.36. The molecular formula is C19H24N2O2. The van der Waals surface area contributed by atoms with E-state index in [9.17, 15) is 9.90 Å². The molecule has 1 aromatic heterocycles. The lowest BCUT2D eigenvalue weighted by molar-refractivity contribution is 0.0683. The van der Waals surface area contributed by atoms with Gasteiger partial charge in [-0.1, -0.05) is 58.0 Å². The largest absolute Gasteiger partial charge is 0.477 e. The minimum absolute atomic E-state index is 0.0839. The first-order valence-electron chi connectivity index (χ1n) is 7.84. The Morgan fingerprint density at radius 1 is 1.30 bits per heavy atom. The molecule has 0 bridgehead atoms. The van der Waals surface area contributed by atoms with E-state index in [2.05, 4.69) is 44.6 Å². The summed E-state index contributed by atoms with van der Waals surface area (Å²) in [6, 6.07) is 8.21. The zero-order chi connectivity index (χ0) is 17.2. The van der Waals surface area contributed by atoms with Crippen LogP contribution in [0.2, 0.25) is 0 Å². The number of hydrogen-bond donors (Lipinski definition) is 1. The molecule has 122 valence electrons. The Morgan fingerprint density at radius 2 is 1.91 bits per heavy atom. The molecule has 0 aliphatic carbocycles. The van der Waals surface area contributed by atoms with Crippen molar-refractivity contribution >= 4 is 5.97 Å². The fourth-order valence-corrected chi connectivity index (χ4v) is 2.69. The number of carboxylic acids is 1. The van der Waals surface area contributed by atoms with Gasteiger partial charge >= 0.3 is 5.97 Å². The highest BCUT2D eigenvalue weighted by Gasteiger charge is 2.22. The minimum Gasteiger partial charge on any atom is -0.477 e. The summed E-state index contributed by atoms with van der Waals surface area (Å²) < 4.78 is 1.52. The van der Waals surface area contributed by atoms with Crippen molar-refractivity contribution in [1.82, 2.24) is 9.78 Å². The number of hydrogen-bond acceptors (Lipinski definition) is 2. The van der Waals surface area contributed by atoms with Crippen LogP contribution in [0.4, 0.5) is 0 Å². The van der Waals surface area contributed by atoms with Gasteiger partial charge in [0.05, 0.1) is 12.2 Å². The predicted molar refractivity (Wildman–Crippen MR) is 92.9 cm³/mol. The number of carboxylic acid groups (broad SMARTS) is 1. The summed E-state index contributed by atoms with van der Waals surface area (Å²) in [5, 5.41) is 14.0. The summed E-state index contributed by atoms with van der Waals surface area (Å²) >= 11 is 0. The van der Waals surface area contributed by atoms with Crippen LogP contribution in [-0.2, 0) is 18.4 Å². The van der Waals surface area contributed by atoms with Gasteiger partial charge in [-0.3, -0.25) is 4.68 Å². The highest BCUT2D eigenvalue weighted by atomic mass is 16.4. The van der Waals surface area contributed by atoms with Crippen molar-refractivity contribution in [3.63, 3.8) is 0 Å². The fourth-order valence-electron chi connectivity index (χ4n) is 2.69. The molecule has 1 N–H and O–H groups in total. The third kappa shape index (κ3) is 3.36. The Labute approximate surface area is 137 Å². The number of allylic oxidation sites excluding steroid dienone is 1. The molecule has 0 aliphatic rings. The molecule has 1 heterocycles. The fraction of sp³-hybridized carbons (Fsp3) is 0.368. The van der Waals surface area contributed by atoms with Crippen LogP contribution in [0, 0.1) is 0 Å². The summed E-state index contributed by atoms with van der Waals surface area (Å²) in [5.74, 6) is -0.950. The number of nitrogens with zero attached hydrogens (tertiary/aromatic N) is 2. The van der Waals surface area contributed by atoms with E-state index in [1.54, 1.807) is 6.08 Å². The number of carbonyl (C=O) groups is 1. The van der Waals surface area contributed by atoms with Crippen LogP contribution in [0.25, 0.3) is 11.3 Å². The predicted octanol–water partition coefficient (Wildman–Crippen LogP) is 4.29. The molecule has 0 amide bonds. The molecule has 4 nitrogen and oxygen atoms in total. The van der Waals surface area contributed by atoms with Crippen molar-refractivity contribution in [2.24, 2.45) is 0 Å². The monoisotopic (exact) mass is 312 g/mol. The van der Waals surface area contributed by atoms with Crippen molar-refractivity contribution in [2.45, 2.75) is 46.1 Å². The summed E-state index contributed by atoms with van der Waals surface area (Å²) in [5.41, 5.74) is 4.03. The van der Waals surface area contributed by atoms with Crippen molar-refractivity contribution < 1.29 is 9.90 Å². The molecule has 2 aromatic rings. The Bertz CT molecular complexity index is 719. The number of benzene rings is 1. The summed E-state index contributed by atoms with van der Waals surface area (Å²) in [7, 11) is 0. The van der Waals surface area contributed by atoms with Crippen LogP contribution in [0.5, 0.6) is 0 Å². The number of aromatic carboxylic acids is 1. The third-order valence-electron chi connectivity index (χ3n) is 3.93. The van der Waals surface area contributed by atoms with E-state index in [1.807, 2.05) is 19.1 Å². The van der Waals surface area contributed by atoms with E-state index in [0.29, 0.717) is 13.0 Å². The van der Waals surface area contributed by atoms with Gasteiger partial charge in [0.1, 0.15) is 5.69 Å². The average molecular weight is 312 g/mol. The molecule has 4 heteroatoms. The molecular weight excluding hydrogens is 288 g/mol. The highest BCUT2D eigenvalue weighted by molar-refractivity contribution is 5.90. The summed E-state index contributed by atoms with van der Waals surface area (Å²) in [4.78, 5) is 11.6. The van der Waals surface area contributed by atoms with E-state index in [-0.39, 0.29) is 11.1 Å². The SMILES string of the molecule is C=CCn1nc(-c2ccc(C(C)(C)C)cc2)c(CC)c1C(=O)O. The van der Waals surface area contributed by atoms with Gasteiger partial charge in [0.2, 0.25) is 0 Å². The van der Waals surface area contributed by atoms with Gasteiger partial charge in [-0.2, -0.15) is 5.10 Å². The Morgan fingerprint density at radius 3 is 2.35 bits per heavy atom. The first-order valence-corrected chi connectivity index (χ1v) is 7.84. The summed E-state index contributed by atoms with van der Waals surface area (Å²) in [6.07, 6.45) is 2.28. The number of aromatic nitrogens is 2. The quantitative estimate of drug-likeness (QED) is 0.838. The van der Waals surface area contributed by atoms with Gasteiger partial charge in [-0.15, -0.1) is 6.58 Å². The molecule has 0 unspecified atom stereocenters. The van der Waals surface area contributed by atoms with Gasteiger partial charge in [-0.25, -0.2) is 4.79 Å². The maximum atomic E-state index is 11.6. The van der Waals surface area contributed by atoms with Gasteiger partial charge in [-0.05, 0) is 17.4 Å². The van der Waals surface area contributed by atoms with E-state index < -0.39 is 5.97 Å². The van der Waals surface area contributed by atoms with E-state index in [0.717, 1.165) is 16.8 Å². The molecule has 0 saturated carbocycles. The van der Waals surface area contributed by atoms with Gasteiger partial charge < -0.3 is 5.11 Å². The lowest BCUT2D eigenvalue weighted by atomic mass is 9.86.